The number of pyridine rings is 1. The second-order valence-corrected chi connectivity index (χ2v) is 7.14. The van der Waals surface area contributed by atoms with Gasteiger partial charge in [-0.1, -0.05) is 12.1 Å². The minimum Gasteiger partial charge on any atom is -0.358 e. The van der Waals surface area contributed by atoms with Gasteiger partial charge < -0.3 is 4.90 Å². The van der Waals surface area contributed by atoms with Crippen LogP contribution in [0.4, 0.5) is 5.82 Å². The maximum absolute atomic E-state index is 9.66. The fourth-order valence-corrected chi connectivity index (χ4v) is 4.16. The lowest BCUT2D eigenvalue weighted by Crippen LogP contribution is -2.36. The lowest BCUT2D eigenvalue weighted by Gasteiger charge is -2.34. The van der Waals surface area contributed by atoms with Gasteiger partial charge in [-0.2, -0.15) is 10.4 Å². The van der Waals surface area contributed by atoms with Gasteiger partial charge in [-0.05, 0) is 49.6 Å². The molecule has 27 heavy (non-hydrogen) atoms. The third-order valence-corrected chi connectivity index (χ3v) is 5.55. The van der Waals surface area contributed by atoms with Crippen LogP contribution in [0.3, 0.4) is 0 Å². The van der Waals surface area contributed by atoms with Gasteiger partial charge in [-0.25, -0.2) is 4.98 Å². The minimum absolute atomic E-state index is 0.450. The van der Waals surface area contributed by atoms with E-state index in [1.807, 2.05) is 43.6 Å². The van der Waals surface area contributed by atoms with Crippen LogP contribution < -0.4 is 4.90 Å². The molecule has 0 N–H and O–H groups in total. The van der Waals surface area contributed by atoms with E-state index in [9.17, 15) is 5.26 Å². The van der Waals surface area contributed by atoms with Gasteiger partial charge >= 0.3 is 0 Å². The van der Waals surface area contributed by atoms with Gasteiger partial charge in [0.05, 0.1) is 22.6 Å². The number of nitriles is 1. The van der Waals surface area contributed by atoms with E-state index in [0.717, 1.165) is 54.0 Å². The summed E-state index contributed by atoms with van der Waals surface area (Å²) in [6.45, 7) is 3.91. The maximum atomic E-state index is 9.66. The van der Waals surface area contributed by atoms with Crippen molar-refractivity contribution in [2.45, 2.75) is 25.8 Å². The van der Waals surface area contributed by atoms with Crippen LogP contribution >= 0.6 is 0 Å². The van der Waals surface area contributed by atoms with Crippen LogP contribution in [0.1, 0.15) is 30.0 Å². The lowest BCUT2D eigenvalue weighted by atomic mass is 10.0. The van der Waals surface area contributed by atoms with Crippen LogP contribution in [0.5, 0.6) is 0 Å². The summed E-state index contributed by atoms with van der Waals surface area (Å²) in [4.78, 5) is 7.17. The Morgan fingerprint density at radius 1 is 1.15 bits per heavy atom. The zero-order valence-electron chi connectivity index (χ0n) is 15.2. The number of fused-ring (bicyclic) bond motifs is 3. The molecule has 0 unspecified atom stereocenters. The molecule has 6 nitrogen and oxygen atoms in total. The van der Waals surface area contributed by atoms with Gasteiger partial charge in [-0.15, -0.1) is 0 Å². The molecule has 1 aliphatic rings. The summed E-state index contributed by atoms with van der Waals surface area (Å²) in [5.41, 5.74) is 4.36. The molecular formula is C21H20N6. The molecule has 1 aliphatic heterocycles. The molecule has 0 atom stereocenters. The first kappa shape index (κ1) is 15.9. The Hall–Kier alpha value is -3.33. The zero-order chi connectivity index (χ0) is 18.4. The Morgan fingerprint density at radius 2 is 1.96 bits per heavy atom. The van der Waals surface area contributed by atoms with Crippen LogP contribution in [0, 0.1) is 18.3 Å². The molecule has 0 radical (unpaired) electrons. The van der Waals surface area contributed by atoms with Gasteiger partial charge in [0.25, 0.3) is 0 Å². The molecule has 4 heterocycles. The second-order valence-electron chi connectivity index (χ2n) is 7.14. The number of nitrogens with zero attached hydrogens (tertiary/aromatic N) is 6. The quantitative estimate of drug-likeness (QED) is 0.549. The zero-order valence-corrected chi connectivity index (χ0v) is 15.2. The number of hydrogen-bond donors (Lipinski definition) is 0. The molecule has 0 amide bonds. The largest absolute Gasteiger partial charge is 0.358 e. The Labute approximate surface area is 157 Å². The highest BCUT2D eigenvalue weighted by Crippen LogP contribution is 2.31. The van der Waals surface area contributed by atoms with Gasteiger partial charge in [0.2, 0.25) is 0 Å². The topological polar surface area (TPSA) is 62.1 Å². The number of anilines is 1. The standard InChI is InChI=1S/C21H20N6/c1-15-13-20(25-11-7-16(8-12-25)26-10-4-9-23-26)27-19-6-3-2-5-18(19)24-21(27)17(15)14-22/h2-6,9-10,13,16H,7-8,11-12H2,1H3. The van der Waals surface area contributed by atoms with Crippen molar-refractivity contribution in [2.75, 3.05) is 18.0 Å². The number of piperidine rings is 1. The SMILES string of the molecule is Cc1cc(N2CCC(n3cccn3)CC2)n2c(nc3ccccc32)c1C#N. The van der Waals surface area contributed by atoms with Crippen LogP contribution in [0.2, 0.25) is 0 Å². The van der Waals surface area contributed by atoms with Crippen LogP contribution in [0.15, 0.2) is 48.8 Å². The highest BCUT2D eigenvalue weighted by Gasteiger charge is 2.24. The highest BCUT2D eigenvalue weighted by atomic mass is 15.3. The smallest absolute Gasteiger partial charge is 0.157 e. The molecule has 1 aromatic carbocycles. The third kappa shape index (κ3) is 2.47. The second kappa shape index (κ2) is 6.13. The van der Waals surface area contributed by atoms with E-state index in [1.165, 1.54) is 0 Å². The molecule has 6 heteroatoms. The third-order valence-electron chi connectivity index (χ3n) is 5.55. The predicted octanol–water partition coefficient (Wildman–Crippen LogP) is 3.71. The number of rotatable bonds is 2. The van der Waals surface area contributed by atoms with Crippen LogP contribution in [-0.4, -0.2) is 32.3 Å². The van der Waals surface area contributed by atoms with E-state index in [4.69, 9.17) is 4.98 Å². The maximum Gasteiger partial charge on any atom is 0.157 e. The molecule has 0 bridgehead atoms. The number of aryl methyl sites for hydroxylation is 1. The van der Waals surface area contributed by atoms with E-state index in [-0.39, 0.29) is 0 Å². The predicted molar refractivity (Wildman–Crippen MR) is 105 cm³/mol. The van der Waals surface area contributed by atoms with Crippen LogP contribution in [-0.2, 0) is 0 Å². The van der Waals surface area contributed by atoms with E-state index in [0.29, 0.717) is 11.6 Å². The Bertz CT molecular complexity index is 1160. The fraction of sp³-hybridized carbons (Fsp3) is 0.286. The van der Waals surface area contributed by atoms with Gasteiger partial charge in [-0.3, -0.25) is 9.08 Å². The van der Waals surface area contributed by atoms with Gasteiger partial charge in [0.15, 0.2) is 5.65 Å². The Morgan fingerprint density at radius 3 is 2.70 bits per heavy atom. The molecule has 0 aliphatic carbocycles. The van der Waals surface area contributed by atoms with Crippen LogP contribution in [0.25, 0.3) is 16.7 Å². The van der Waals surface area contributed by atoms with Crippen molar-refractivity contribution in [3.63, 3.8) is 0 Å². The molecule has 5 rings (SSSR count). The molecular weight excluding hydrogens is 336 g/mol. The highest BCUT2D eigenvalue weighted by molar-refractivity contribution is 5.85. The van der Waals surface area contributed by atoms with Crippen molar-refractivity contribution in [3.8, 4) is 6.07 Å². The number of para-hydroxylation sites is 2. The first-order valence-corrected chi connectivity index (χ1v) is 9.31. The number of benzene rings is 1. The summed E-state index contributed by atoms with van der Waals surface area (Å²) < 4.78 is 4.22. The van der Waals surface area contributed by atoms with E-state index in [1.54, 1.807) is 0 Å². The molecule has 0 spiro atoms. The number of imidazole rings is 1. The summed E-state index contributed by atoms with van der Waals surface area (Å²) in [5.74, 6) is 1.12. The van der Waals surface area contributed by atoms with E-state index >= 15 is 0 Å². The molecule has 0 saturated carbocycles. The number of hydrogen-bond acceptors (Lipinski definition) is 4. The van der Waals surface area contributed by atoms with Gasteiger partial charge in [0.1, 0.15) is 11.9 Å². The lowest BCUT2D eigenvalue weighted by molar-refractivity contribution is 0.365. The van der Waals surface area contributed by atoms with E-state index < -0.39 is 0 Å². The van der Waals surface area contributed by atoms with Crippen molar-refractivity contribution >= 4 is 22.5 Å². The average Bonchev–Trinajstić information content (AvgIpc) is 3.36. The first-order chi connectivity index (χ1) is 13.3. The average molecular weight is 356 g/mol. The van der Waals surface area contributed by atoms with Crippen molar-refractivity contribution < 1.29 is 0 Å². The fourth-order valence-electron chi connectivity index (χ4n) is 4.16. The minimum atomic E-state index is 0.450. The molecule has 134 valence electrons. The summed E-state index contributed by atoms with van der Waals surface area (Å²) >= 11 is 0. The normalized spacial score (nSPS) is 15.5. The van der Waals surface area contributed by atoms with Gasteiger partial charge in [0, 0.05) is 25.5 Å². The van der Waals surface area contributed by atoms with E-state index in [2.05, 4.69) is 37.3 Å². The number of aromatic nitrogens is 4. The monoisotopic (exact) mass is 356 g/mol. The van der Waals surface area contributed by atoms with Crippen molar-refractivity contribution in [1.29, 1.82) is 5.26 Å². The Kier molecular flexibility index (Phi) is 3.61. The van der Waals surface area contributed by atoms with Crippen molar-refractivity contribution in [3.05, 3.63) is 59.9 Å². The molecule has 1 saturated heterocycles. The molecule has 1 fully saturated rings. The summed E-state index contributed by atoms with van der Waals surface area (Å²) in [6, 6.07) is 15.0. The molecule has 3 aromatic heterocycles. The summed E-state index contributed by atoms with van der Waals surface area (Å²) in [6.07, 6.45) is 6.00. The first-order valence-electron chi connectivity index (χ1n) is 9.31. The van der Waals surface area contributed by atoms with Crippen molar-refractivity contribution in [2.24, 2.45) is 0 Å². The summed E-state index contributed by atoms with van der Waals surface area (Å²) in [7, 11) is 0. The Balaban J connectivity index is 1.60. The van der Waals surface area contributed by atoms with Crippen molar-refractivity contribution in [1.82, 2.24) is 19.2 Å². The molecule has 4 aromatic rings. The summed E-state index contributed by atoms with van der Waals surface area (Å²) in [5, 5.41) is 14.1.